The van der Waals surface area contributed by atoms with Crippen LogP contribution in [0.2, 0.25) is 10.0 Å². The zero-order valence-electron chi connectivity index (χ0n) is 32.2. The molecular weight excluding hydrogens is 801 g/mol. The van der Waals surface area contributed by atoms with Crippen LogP contribution in [-0.4, -0.2) is 101 Å². The van der Waals surface area contributed by atoms with E-state index in [-0.39, 0.29) is 48.4 Å². The van der Waals surface area contributed by atoms with Gasteiger partial charge in [-0.15, -0.1) is 11.3 Å². The van der Waals surface area contributed by atoms with Gasteiger partial charge in [0.1, 0.15) is 28.5 Å². The van der Waals surface area contributed by atoms with Gasteiger partial charge in [-0.25, -0.2) is 4.79 Å². The fraction of sp³-hybridized carbons (Fsp3) is 0.293. The first-order valence-electron chi connectivity index (χ1n) is 18.5. The van der Waals surface area contributed by atoms with E-state index >= 15 is 0 Å². The SMILES string of the molecule is COc1nc(N2CCN(C(=O)CCNC(=O)CC3N=C(c4ccc(Cl)cc4)c4c(sc(C)c4C)N(C(C)=N)C3=N)CC2)ccc1-c1cc2c(C(=O)O)c[nH]c2cc1Cl. The van der Waals surface area contributed by atoms with Crippen LogP contribution in [0, 0.1) is 24.7 Å². The van der Waals surface area contributed by atoms with Crippen molar-refractivity contribution in [3.63, 3.8) is 0 Å². The molecule has 0 spiro atoms. The van der Waals surface area contributed by atoms with E-state index in [0.29, 0.717) is 75.7 Å². The maximum absolute atomic E-state index is 13.4. The number of carboxylic acids is 1. The number of thiophene rings is 1. The average Bonchev–Trinajstić information content (AvgIpc) is 3.71. The van der Waals surface area contributed by atoms with Crippen LogP contribution in [-0.2, 0) is 9.59 Å². The van der Waals surface area contributed by atoms with E-state index in [1.165, 1.54) is 24.6 Å². The van der Waals surface area contributed by atoms with E-state index in [4.69, 9.17) is 48.7 Å². The smallest absolute Gasteiger partial charge is 0.337 e. The molecule has 2 amide bonds. The summed E-state index contributed by atoms with van der Waals surface area (Å²) in [4.78, 5) is 57.4. The largest absolute Gasteiger partial charge is 0.480 e. The molecule has 2 aliphatic heterocycles. The van der Waals surface area contributed by atoms with Crippen LogP contribution >= 0.6 is 34.5 Å². The van der Waals surface area contributed by atoms with Gasteiger partial charge in [-0.2, -0.15) is 4.98 Å². The number of H-pyrrole nitrogens is 1. The number of amides is 2. The van der Waals surface area contributed by atoms with Gasteiger partial charge < -0.3 is 29.9 Å². The summed E-state index contributed by atoms with van der Waals surface area (Å²) in [6.07, 6.45) is 1.40. The number of rotatable bonds is 10. The zero-order valence-corrected chi connectivity index (χ0v) is 34.5. The Hall–Kier alpha value is -5.77. The Morgan fingerprint density at radius 2 is 1.78 bits per heavy atom. The third-order valence-electron chi connectivity index (χ3n) is 10.4. The number of ether oxygens (including phenoxy) is 1. The number of carboxylic acid groups (broad SMARTS) is 1. The standard InChI is InChI=1S/C41H41Cl2N9O5S/c1-21-22(2)58-40-36(21)37(24-5-7-25(42)8-6-24)48-32(38(45)52(40)23(3)44)19-34(53)46-12-11-35(54)51-15-13-50(14-16-51)33-10-9-26(39(49-33)57-4)27-17-28-29(41(55)56)20-47-31(28)18-30(27)43/h5-10,17-18,20,32,44-45,47H,11-16,19H2,1-4H3,(H,46,53)(H,55,56). The first-order chi connectivity index (χ1) is 27.7. The van der Waals surface area contributed by atoms with Crippen molar-refractivity contribution in [2.45, 2.75) is 39.7 Å². The van der Waals surface area contributed by atoms with E-state index in [1.54, 1.807) is 41.0 Å². The number of amidine groups is 2. The Morgan fingerprint density at radius 1 is 1.05 bits per heavy atom. The van der Waals surface area contributed by atoms with Gasteiger partial charge in [-0.1, -0.05) is 35.3 Å². The normalized spacial score (nSPS) is 15.6. The molecule has 1 atom stereocenters. The number of halogens is 2. The molecule has 0 aliphatic carbocycles. The number of anilines is 2. The molecule has 58 heavy (non-hydrogen) atoms. The van der Waals surface area contributed by atoms with Gasteiger partial charge in [0, 0.05) is 88.4 Å². The summed E-state index contributed by atoms with van der Waals surface area (Å²) in [7, 11) is 1.51. The molecule has 3 aromatic heterocycles. The Morgan fingerprint density at radius 3 is 2.45 bits per heavy atom. The van der Waals surface area contributed by atoms with Gasteiger partial charge in [0.05, 0.1) is 29.8 Å². The van der Waals surface area contributed by atoms with Crippen molar-refractivity contribution in [1.29, 1.82) is 10.8 Å². The van der Waals surface area contributed by atoms with Gasteiger partial charge in [0.15, 0.2) is 0 Å². The number of pyridine rings is 1. The van der Waals surface area contributed by atoms with Crippen molar-refractivity contribution < 1.29 is 24.2 Å². The number of aromatic nitrogens is 2. The number of hydrogen-bond acceptors (Lipinski definition) is 10. The third kappa shape index (κ3) is 7.89. The Balaban J connectivity index is 0.971. The van der Waals surface area contributed by atoms with Crippen LogP contribution in [0.3, 0.4) is 0 Å². The van der Waals surface area contributed by atoms with Crippen LogP contribution in [0.25, 0.3) is 22.0 Å². The molecule has 0 bridgehead atoms. The van der Waals surface area contributed by atoms with Crippen molar-refractivity contribution in [2.24, 2.45) is 4.99 Å². The van der Waals surface area contributed by atoms with Gasteiger partial charge in [-0.3, -0.25) is 30.3 Å². The fourth-order valence-electron chi connectivity index (χ4n) is 7.28. The number of aryl methyl sites for hydroxylation is 1. The summed E-state index contributed by atoms with van der Waals surface area (Å²) in [5.74, 6) is -0.335. The lowest BCUT2D eigenvalue weighted by atomic mass is 9.99. The minimum absolute atomic E-state index is 0.0288. The van der Waals surface area contributed by atoms with Gasteiger partial charge in [0.2, 0.25) is 17.7 Å². The Labute approximate surface area is 348 Å². The highest BCUT2D eigenvalue weighted by molar-refractivity contribution is 7.17. The van der Waals surface area contributed by atoms with Crippen LogP contribution < -0.4 is 19.9 Å². The molecule has 1 fully saturated rings. The fourth-order valence-corrected chi connectivity index (χ4v) is 8.90. The van der Waals surface area contributed by atoms with E-state index in [0.717, 1.165) is 26.6 Å². The van der Waals surface area contributed by atoms with E-state index < -0.39 is 12.0 Å². The first kappa shape index (κ1) is 40.4. The second kappa shape index (κ2) is 16.6. The quantitative estimate of drug-likeness (QED) is 0.0722. The second-order valence-corrected chi connectivity index (χ2v) is 16.1. The number of nitrogens with one attached hydrogen (secondary N) is 4. The number of carbonyl (C=O) groups is 3. The number of piperazine rings is 1. The van der Waals surface area contributed by atoms with Crippen molar-refractivity contribution in [3.8, 4) is 17.0 Å². The molecule has 2 aliphatic rings. The van der Waals surface area contributed by atoms with Crippen LogP contribution in [0.4, 0.5) is 10.8 Å². The number of aromatic carboxylic acids is 1. The van der Waals surface area contributed by atoms with E-state index in [1.807, 2.05) is 38.1 Å². The lowest BCUT2D eigenvalue weighted by Crippen LogP contribution is -2.49. The molecule has 17 heteroatoms. The number of methoxy groups -OCH3 is 1. The summed E-state index contributed by atoms with van der Waals surface area (Å²) < 4.78 is 5.65. The summed E-state index contributed by atoms with van der Waals surface area (Å²) in [5.41, 5.74) is 5.19. The second-order valence-electron chi connectivity index (χ2n) is 14.1. The van der Waals surface area contributed by atoms with Crippen molar-refractivity contribution >= 4 is 91.4 Å². The minimum atomic E-state index is -1.05. The average molecular weight is 843 g/mol. The Kier molecular flexibility index (Phi) is 11.6. The van der Waals surface area contributed by atoms with Crippen LogP contribution in [0.1, 0.15) is 51.7 Å². The summed E-state index contributed by atoms with van der Waals surface area (Å²) in [6, 6.07) is 13.5. The molecule has 7 rings (SSSR count). The van der Waals surface area contributed by atoms with Crippen LogP contribution in [0.15, 0.2) is 59.7 Å². The van der Waals surface area contributed by atoms with Crippen LogP contribution in [0.5, 0.6) is 5.88 Å². The summed E-state index contributed by atoms with van der Waals surface area (Å²) in [6.45, 7) is 7.69. The molecule has 0 saturated carbocycles. The van der Waals surface area contributed by atoms with Gasteiger partial charge in [-0.05, 0) is 62.7 Å². The number of benzene rings is 2. The summed E-state index contributed by atoms with van der Waals surface area (Å²) in [5, 5.41) is 32.4. The number of hydrogen-bond donors (Lipinski definition) is 5. The predicted molar refractivity (Wildman–Crippen MR) is 229 cm³/mol. The first-order valence-corrected chi connectivity index (χ1v) is 20.1. The molecule has 0 radical (unpaired) electrons. The van der Waals surface area contributed by atoms with Crippen molar-refractivity contribution in [3.05, 3.63) is 91.9 Å². The van der Waals surface area contributed by atoms with Crippen molar-refractivity contribution in [1.82, 2.24) is 20.2 Å². The maximum Gasteiger partial charge on any atom is 0.337 e. The minimum Gasteiger partial charge on any atom is -0.480 e. The molecular formula is C41H41Cl2N9O5S. The molecule has 5 N–H and O–H groups in total. The van der Waals surface area contributed by atoms with E-state index in [9.17, 15) is 19.5 Å². The highest BCUT2D eigenvalue weighted by atomic mass is 35.5. The predicted octanol–water partition coefficient (Wildman–Crippen LogP) is 7.17. The zero-order chi connectivity index (χ0) is 41.4. The third-order valence-corrected chi connectivity index (χ3v) is 12.2. The molecule has 1 saturated heterocycles. The van der Waals surface area contributed by atoms with Crippen molar-refractivity contribution in [2.75, 3.05) is 49.6 Å². The number of nitrogens with zero attached hydrogens (tertiary/aromatic N) is 5. The lowest BCUT2D eigenvalue weighted by Gasteiger charge is -2.35. The number of aliphatic imine (C=N–C) groups is 1. The molecule has 1 unspecified atom stereocenters. The number of fused-ring (bicyclic) bond motifs is 2. The summed E-state index contributed by atoms with van der Waals surface area (Å²) >= 11 is 14.3. The molecule has 2 aromatic carbocycles. The number of aromatic amines is 1. The topological polar surface area (TPSA) is 191 Å². The highest BCUT2D eigenvalue weighted by Gasteiger charge is 2.35. The lowest BCUT2D eigenvalue weighted by molar-refractivity contribution is -0.131. The Bertz CT molecular complexity index is 2510. The maximum atomic E-state index is 13.4. The molecule has 5 aromatic rings. The monoisotopic (exact) mass is 841 g/mol. The van der Waals surface area contributed by atoms with Gasteiger partial charge >= 0.3 is 5.97 Å². The van der Waals surface area contributed by atoms with E-state index in [2.05, 4.69) is 15.2 Å². The number of carbonyl (C=O) groups excluding carboxylic acids is 2. The van der Waals surface area contributed by atoms with Gasteiger partial charge in [0.25, 0.3) is 0 Å². The molecule has 14 nitrogen and oxygen atoms in total. The highest BCUT2D eigenvalue weighted by Crippen LogP contribution is 2.41. The molecule has 5 heterocycles. The molecule has 300 valence electrons.